The van der Waals surface area contributed by atoms with E-state index in [1.165, 1.54) is 37.9 Å². The van der Waals surface area contributed by atoms with Gasteiger partial charge in [0.05, 0.1) is 65.9 Å². The van der Waals surface area contributed by atoms with Crippen LogP contribution in [0.25, 0.3) is 0 Å². The van der Waals surface area contributed by atoms with Gasteiger partial charge in [-0.2, -0.15) is 13.2 Å². The van der Waals surface area contributed by atoms with Crippen molar-refractivity contribution in [3.8, 4) is 11.5 Å². The zero-order chi connectivity index (χ0) is 75.7. The summed E-state index contributed by atoms with van der Waals surface area (Å²) in [5.74, 6) is -3.73. The highest BCUT2D eigenvalue weighted by molar-refractivity contribution is 7.97. The summed E-state index contributed by atoms with van der Waals surface area (Å²) in [6.45, 7) is 24.7. The Morgan fingerprint density at radius 3 is 1.55 bits per heavy atom. The molecule has 8 aliphatic rings. The number of hydrogen-bond acceptors (Lipinski definition) is 17. The summed E-state index contributed by atoms with van der Waals surface area (Å²) in [5.41, 5.74) is -1.90. The van der Waals surface area contributed by atoms with Crippen LogP contribution in [-0.4, -0.2) is 108 Å². The molecule has 0 aromatic heterocycles. The third kappa shape index (κ3) is 20.2. The van der Waals surface area contributed by atoms with E-state index in [0.29, 0.717) is 50.7 Å². The number of benzene rings is 5. The Labute approximate surface area is 608 Å². The van der Waals surface area contributed by atoms with Crippen LogP contribution < -0.4 is 4.74 Å². The molecule has 22 heteroatoms. The summed E-state index contributed by atoms with van der Waals surface area (Å²) in [6, 6.07) is 46.8. The van der Waals surface area contributed by atoms with Crippen LogP contribution in [0.3, 0.4) is 0 Å². The van der Waals surface area contributed by atoms with Gasteiger partial charge >= 0.3 is 42.0 Å². The Bertz CT molecular complexity index is 3740. The van der Waals surface area contributed by atoms with E-state index in [1.807, 2.05) is 69.2 Å². The van der Waals surface area contributed by atoms with Gasteiger partial charge in [0.2, 0.25) is 6.10 Å². The monoisotopic (exact) mass is 1470 g/mol. The number of fused-ring (bicyclic) bond motifs is 2. The lowest BCUT2D eigenvalue weighted by atomic mass is 9.48. The lowest BCUT2D eigenvalue weighted by Crippen LogP contribution is -2.61. The molecule has 3 saturated heterocycles. The van der Waals surface area contributed by atoms with Crippen molar-refractivity contribution < 1.29 is 93.2 Å². The second kappa shape index (κ2) is 33.0. The first kappa shape index (κ1) is 81.4. The molecule has 0 spiro atoms. The lowest BCUT2D eigenvalue weighted by molar-refractivity contribution is -0.239. The smallest absolute Gasteiger partial charge is 0.426 e. The van der Waals surface area contributed by atoms with Gasteiger partial charge in [-0.3, -0.25) is 28.8 Å². The number of rotatable bonds is 20. The maximum atomic E-state index is 13.3. The largest absolute Gasteiger partial charge is 0.748 e. The van der Waals surface area contributed by atoms with Gasteiger partial charge in [-0.25, -0.2) is 8.42 Å². The van der Waals surface area contributed by atoms with Gasteiger partial charge in [-0.1, -0.05) is 113 Å². The van der Waals surface area contributed by atoms with Crippen LogP contribution in [0, 0.1) is 44.8 Å². The molecule has 4 saturated carbocycles. The minimum atomic E-state index is -5.27. The van der Waals surface area contributed by atoms with E-state index in [-0.39, 0.29) is 87.9 Å². The number of aromatic hydroxyl groups is 1. The molecule has 3 heterocycles. The number of alkyl halides is 3. The van der Waals surface area contributed by atoms with E-state index in [1.54, 1.807) is 26.0 Å². The summed E-state index contributed by atoms with van der Waals surface area (Å²) in [5, 5.41) is 9.06. The Balaban J connectivity index is 0.000000167. The van der Waals surface area contributed by atoms with Crippen molar-refractivity contribution >= 4 is 56.8 Å². The fraction of sp³-hybridized carbons (Fsp3) is 0.556. The molecule has 7 fully saturated rings. The number of ether oxygens (including phenoxy) is 7. The van der Waals surface area contributed by atoms with Crippen LogP contribution in [0.2, 0.25) is 0 Å². The van der Waals surface area contributed by atoms with Gasteiger partial charge in [-0.05, 0) is 222 Å². The van der Waals surface area contributed by atoms with Gasteiger partial charge in [0.15, 0.2) is 26.9 Å². The zero-order valence-electron chi connectivity index (χ0n) is 61.6. The minimum Gasteiger partial charge on any atom is -0.748 e. The van der Waals surface area contributed by atoms with E-state index < -0.39 is 79.6 Å². The average Bonchev–Trinajstić information content (AvgIpc) is 1.09. The maximum Gasteiger partial charge on any atom is 0.426 e. The maximum absolute atomic E-state index is 13.3. The molecule has 0 radical (unpaired) electrons. The number of hydrogen-bond donors (Lipinski definition) is 1. The fourth-order valence-electron chi connectivity index (χ4n) is 14.2. The molecule has 17 nitrogen and oxygen atoms in total. The van der Waals surface area contributed by atoms with Crippen molar-refractivity contribution in [3.05, 3.63) is 151 Å². The number of carbonyl (C=O) groups excluding carboxylic acids is 6. The van der Waals surface area contributed by atoms with Crippen molar-refractivity contribution in [1.82, 2.24) is 0 Å². The predicted octanol–water partition coefficient (Wildman–Crippen LogP) is 16.2. The molecule has 103 heavy (non-hydrogen) atoms. The van der Waals surface area contributed by atoms with Crippen molar-refractivity contribution in [2.45, 2.75) is 249 Å². The SMILES string of the molecule is CCC(C)(C)C(=O)OC12CC3CC(C1)CC(C(=O)OC(CS(=O)(=O)[O-])C(F)(F)F)(C3)C2.CCC(C)(C)C(=O)OC1C2CC3C(=O)OC1C3O2.CCC(C)(C)C(=O)Oc1ccc(O)cc1.CCC1(OC(=O)C(C)(C)CC)CCc2ccccc2C1.c1ccc([S+](c2ccccc2)c2ccccc2)cc1. The summed E-state index contributed by atoms with van der Waals surface area (Å²) in [6.07, 6.45) is 0.203. The second-order valence-electron chi connectivity index (χ2n) is 31.2. The van der Waals surface area contributed by atoms with E-state index in [9.17, 15) is 54.9 Å². The molecule has 5 aromatic rings. The van der Waals surface area contributed by atoms with E-state index in [4.69, 9.17) is 33.5 Å². The molecule has 0 amide bonds. The van der Waals surface area contributed by atoms with Gasteiger partial charge in [0.25, 0.3) is 0 Å². The number of halogens is 3. The Hall–Kier alpha value is -7.27. The minimum absolute atomic E-state index is 0.00100. The molecule has 3 aliphatic heterocycles. The molecule has 6 bridgehead atoms. The number of esters is 6. The summed E-state index contributed by atoms with van der Waals surface area (Å²) in [4.78, 5) is 77.5. The quantitative estimate of drug-likeness (QED) is 0.0250. The Morgan fingerprint density at radius 2 is 1.08 bits per heavy atom. The third-order valence-corrected chi connectivity index (χ3v) is 24.9. The van der Waals surface area contributed by atoms with E-state index in [0.717, 1.165) is 44.9 Å². The summed E-state index contributed by atoms with van der Waals surface area (Å²) < 4.78 is 111. The zero-order valence-corrected chi connectivity index (χ0v) is 63.3. The standard InChI is InChI=1S/C20H29F3O7S.C18H26O2.C18H15S.C13H18O5.C12H16O3/c1-4-17(2,3)15(24)30-19-8-12-5-13(9-19)7-18(6-12,11-19)16(25)29-14(20(21,22)23)10-31(26,27)28;1-5-17(3,4)16(19)20-18(6-2)12-11-14-9-7-8-10-15(14)13-18;1-4-10-16(11-5-1)19(17-12-6-2-7-13-17)18-14-8-3-9-15-18;1-4-13(2,3)12(15)18-9-7-5-6-8(16-7)10(9)17-11(6)14;1-4-12(2,3)11(14)15-10-7-5-9(13)6-8-10/h12-14H,4-11H2,1-3H3,(H,26,27,28);7-10H,5-6,11-13H2,1-4H3;1-15H;6-10H,4-5H2,1-3H3;5-8,13H,4H2,1-3H3/q;;+1;;/p-1. The highest BCUT2D eigenvalue weighted by atomic mass is 32.2. The van der Waals surface area contributed by atoms with Crippen LogP contribution in [0.5, 0.6) is 11.5 Å². The van der Waals surface area contributed by atoms with E-state index >= 15 is 0 Å². The highest BCUT2D eigenvalue weighted by Crippen LogP contribution is 2.64. The van der Waals surface area contributed by atoms with Gasteiger partial charge < -0.3 is 42.8 Å². The average molecular weight is 1470 g/mol. The number of carbonyl (C=O) groups is 6. The first-order valence-electron chi connectivity index (χ1n) is 36.0. The normalized spacial score (nSPS) is 25.2. The fourth-order valence-corrected chi connectivity index (χ4v) is 16.9. The molecular weight excluding hydrogens is 1370 g/mol. The van der Waals surface area contributed by atoms with Crippen LogP contribution >= 0.6 is 0 Å². The number of phenolic OH excluding ortho intramolecular Hbond substituents is 1. The highest BCUT2D eigenvalue weighted by Gasteiger charge is 2.66. The first-order chi connectivity index (χ1) is 48.3. The predicted molar refractivity (Wildman–Crippen MR) is 382 cm³/mol. The van der Waals surface area contributed by atoms with Crippen molar-refractivity contribution in [3.63, 3.8) is 0 Å². The molecule has 5 aromatic carbocycles. The van der Waals surface area contributed by atoms with Crippen LogP contribution in [0.4, 0.5) is 13.2 Å². The van der Waals surface area contributed by atoms with Crippen LogP contribution in [0.15, 0.2) is 154 Å². The topological polar surface area (TPSA) is 244 Å². The Kier molecular flexibility index (Phi) is 26.1. The molecule has 1 N–H and O–H groups in total. The molecule has 5 aliphatic carbocycles. The van der Waals surface area contributed by atoms with Crippen molar-refractivity contribution in [2.75, 3.05) is 5.75 Å². The second-order valence-corrected chi connectivity index (χ2v) is 34.7. The molecule has 562 valence electrons. The van der Waals surface area contributed by atoms with Crippen molar-refractivity contribution in [1.29, 1.82) is 0 Å². The number of phenols is 1. The van der Waals surface area contributed by atoms with Gasteiger partial charge in [0.1, 0.15) is 28.8 Å². The first-order valence-corrected chi connectivity index (χ1v) is 38.8. The Morgan fingerprint density at radius 1 is 0.612 bits per heavy atom. The molecule has 9 unspecified atom stereocenters. The number of aryl methyl sites for hydroxylation is 1. The van der Waals surface area contributed by atoms with Gasteiger partial charge in [0, 0.05) is 12.8 Å². The molecule has 9 atom stereocenters. The van der Waals surface area contributed by atoms with Crippen molar-refractivity contribution in [2.24, 2.45) is 44.8 Å². The van der Waals surface area contributed by atoms with Gasteiger partial charge in [-0.15, -0.1) is 0 Å². The summed E-state index contributed by atoms with van der Waals surface area (Å²) >= 11 is 0. The molecule has 13 rings (SSSR count). The summed E-state index contributed by atoms with van der Waals surface area (Å²) in [7, 11) is -5.29. The van der Waals surface area contributed by atoms with Crippen LogP contribution in [-0.2, 0) is 91.0 Å². The molecular formula is C81H103F3O17S2. The third-order valence-electron chi connectivity index (χ3n) is 21.9. The lowest BCUT2D eigenvalue weighted by Gasteiger charge is -2.60. The van der Waals surface area contributed by atoms with Crippen LogP contribution in [0.1, 0.15) is 185 Å². The van der Waals surface area contributed by atoms with E-state index in [2.05, 4.69) is 127 Å².